The number of likely N-dealkylation sites (tertiary alicyclic amines) is 1. The molecule has 7 heteroatoms. The van der Waals surface area contributed by atoms with Crippen molar-refractivity contribution in [1.82, 2.24) is 24.8 Å². The average molecular weight is 432 g/mol. The van der Waals surface area contributed by atoms with Crippen molar-refractivity contribution in [3.63, 3.8) is 0 Å². The summed E-state index contributed by atoms with van der Waals surface area (Å²) in [6.45, 7) is 7.29. The topological polar surface area (TPSA) is 84.0 Å². The van der Waals surface area contributed by atoms with E-state index in [1.165, 1.54) is 0 Å². The Bertz CT molecular complexity index is 1100. The Kier molecular flexibility index (Phi) is 5.51. The summed E-state index contributed by atoms with van der Waals surface area (Å²) in [5.41, 5.74) is 5.63. The number of nitrogens with zero attached hydrogens (tertiary/aromatic N) is 4. The summed E-state index contributed by atoms with van der Waals surface area (Å²) >= 11 is 0. The van der Waals surface area contributed by atoms with Crippen LogP contribution in [0, 0.1) is 19.3 Å². The first-order valence-corrected chi connectivity index (χ1v) is 11.4. The first kappa shape index (κ1) is 20.8. The molecular weight excluding hydrogens is 402 g/mol. The minimum Gasteiger partial charge on any atom is -0.381 e. The van der Waals surface area contributed by atoms with Crippen LogP contribution in [0.1, 0.15) is 47.4 Å². The van der Waals surface area contributed by atoms with Gasteiger partial charge in [0.2, 0.25) is 0 Å². The van der Waals surface area contributed by atoms with Gasteiger partial charge in [-0.3, -0.25) is 14.8 Å². The van der Waals surface area contributed by atoms with Crippen molar-refractivity contribution in [3.8, 4) is 22.6 Å². The zero-order valence-corrected chi connectivity index (χ0v) is 18.7. The number of imidazole rings is 1. The molecule has 2 saturated heterocycles. The van der Waals surface area contributed by atoms with Gasteiger partial charge in [-0.2, -0.15) is 0 Å². The van der Waals surface area contributed by atoms with Gasteiger partial charge in [0.15, 0.2) is 5.82 Å². The zero-order chi connectivity index (χ0) is 22.1. The van der Waals surface area contributed by atoms with E-state index in [-0.39, 0.29) is 5.91 Å². The van der Waals surface area contributed by atoms with E-state index >= 15 is 0 Å². The summed E-state index contributed by atoms with van der Waals surface area (Å²) in [5, 5.41) is 0. The van der Waals surface area contributed by atoms with Crippen molar-refractivity contribution < 1.29 is 9.53 Å². The molecule has 0 radical (unpaired) electrons. The summed E-state index contributed by atoms with van der Waals surface area (Å²) in [5.74, 6) is 0.810. The Morgan fingerprint density at radius 3 is 2.56 bits per heavy atom. The number of amides is 1. The van der Waals surface area contributed by atoms with E-state index in [0.29, 0.717) is 11.0 Å². The Morgan fingerprint density at radius 1 is 1.06 bits per heavy atom. The van der Waals surface area contributed by atoms with Crippen LogP contribution in [0.5, 0.6) is 0 Å². The van der Waals surface area contributed by atoms with Crippen molar-refractivity contribution in [2.45, 2.75) is 39.5 Å². The molecule has 2 fully saturated rings. The van der Waals surface area contributed by atoms with E-state index < -0.39 is 0 Å². The van der Waals surface area contributed by atoms with Crippen LogP contribution in [0.3, 0.4) is 0 Å². The van der Waals surface area contributed by atoms with Gasteiger partial charge in [0, 0.05) is 56.2 Å². The highest BCUT2D eigenvalue weighted by Gasteiger charge is 2.37. The fourth-order valence-corrected chi connectivity index (χ4v) is 4.79. The van der Waals surface area contributed by atoms with Crippen LogP contribution in [0.2, 0.25) is 0 Å². The molecule has 7 nitrogen and oxygen atoms in total. The second-order valence-corrected chi connectivity index (χ2v) is 9.09. The highest BCUT2D eigenvalue weighted by atomic mass is 16.5. The fraction of sp³-hybridized carbons (Fsp3) is 0.440. The van der Waals surface area contributed by atoms with E-state index in [9.17, 15) is 4.79 Å². The predicted molar refractivity (Wildman–Crippen MR) is 122 cm³/mol. The lowest BCUT2D eigenvalue weighted by atomic mass is 9.72. The molecule has 2 aliphatic heterocycles. The Labute approximate surface area is 188 Å². The number of hydrogen-bond acceptors (Lipinski definition) is 5. The number of piperidine rings is 1. The van der Waals surface area contributed by atoms with Gasteiger partial charge in [0.05, 0.1) is 11.3 Å². The van der Waals surface area contributed by atoms with Crippen molar-refractivity contribution in [2.75, 3.05) is 26.3 Å². The van der Waals surface area contributed by atoms with Gasteiger partial charge in [-0.05, 0) is 68.7 Å². The van der Waals surface area contributed by atoms with Crippen LogP contribution < -0.4 is 0 Å². The lowest BCUT2D eigenvalue weighted by molar-refractivity contribution is -0.0175. The highest BCUT2D eigenvalue weighted by molar-refractivity contribution is 5.95. The molecule has 0 saturated carbocycles. The largest absolute Gasteiger partial charge is 0.381 e. The second-order valence-electron chi connectivity index (χ2n) is 9.09. The number of rotatable bonds is 3. The molecule has 1 spiro atoms. The molecule has 3 aromatic rings. The summed E-state index contributed by atoms with van der Waals surface area (Å²) in [6, 6.07) is 5.86. The first-order valence-electron chi connectivity index (χ1n) is 11.4. The molecule has 1 N–H and O–H groups in total. The van der Waals surface area contributed by atoms with Crippen LogP contribution in [-0.4, -0.2) is 57.0 Å². The number of aromatic nitrogens is 4. The first-order chi connectivity index (χ1) is 15.5. The minimum absolute atomic E-state index is 0.0628. The van der Waals surface area contributed by atoms with Crippen molar-refractivity contribution in [1.29, 1.82) is 0 Å². The SMILES string of the molecule is Cc1nc(-c2cc(-c3cncc(C(=O)N4CCC5(CCOCC5)CC4)c3)ccn2)[nH]c1C. The summed E-state index contributed by atoms with van der Waals surface area (Å²) in [7, 11) is 0. The third kappa shape index (κ3) is 4.05. The van der Waals surface area contributed by atoms with E-state index in [1.54, 1.807) is 18.6 Å². The molecule has 3 aromatic heterocycles. The Morgan fingerprint density at radius 2 is 1.84 bits per heavy atom. The molecule has 5 rings (SSSR count). The molecule has 0 aromatic carbocycles. The predicted octanol–water partition coefficient (Wildman–Crippen LogP) is 4.18. The number of H-pyrrole nitrogens is 1. The van der Waals surface area contributed by atoms with Gasteiger partial charge < -0.3 is 14.6 Å². The molecular formula is C25H29N5O2. The molecule has 2 aliphatic rings. The third-order valence-corrected chi connectivity index (χ3v) is 7.11. The van der Waals surface area contributed by atoms with E-state index in [2.05, 4.69) is 19.9 Å². The van der Waals surface area contributed by atoms with Crippen LogP contribution in [-0.2, 0) is 4.74 Å². The van der Waals surface area contributed by atoms with Crippen molar-refractivity contribution in [2.24, 2.45) is 5.41 Å². The number of ether oxygens (including phenoxy) is 1. The zero-order valence-electron chi connectivity index (χ0n) is 18.7. The lowest BCUT2D eigenvalue weighted by Crippen LogP contribution is -2.45. The molecule has 0 atom stereocenters. The summed E-state index contributed by atoms with van der Waals surface area (Å²) in [6.07, 6.45) is 9.59. The number of aromatic amines is 1. The second kappa shape index (κ2) is 8.47. The van der Waals surface area contributed by atoms with E-state index in [0.717, 1.165) is 86.0 Å². The van der Waals surface area contributed by atoms with Crippen molar-refractivity contribution in [3.05, 3.63) is 53.7 Å². The molecule has 0 aliphatic carbocycles. The van der Waals surface area contributed by atoms with E-state index in [4.69, 9.17) is 4.74 Å². The summed E-state index contributed by atoms with van der Waals surface area (Å²) < 4.78 is 5.54. The van der Waals surface area contributed by atoms with Crippen LogP contribution in [0.25, 0.3) is 22.6 Å². The molecule has 0 unspecified atom stereocenters. The van der Waals surface area contributed by atoms with Gasteiger partial charge in [0.25, 0.3) is 5.91 Å². The molecule has 166 valence electrons. The maximum atomic E-state index is 13.2. The summed E-state index contributed by atoms with van der Waals surface area (Å²) in [4.78, 5) is 31.9. The van der Waals surface area contributed by atoms with Gasteiger partial charge in [-0.15, -0.1) is 0 Å². The fourth-order valence-electron chi connectivity index (χ4n) is 4.79. The smallest absolute Gasteiger partial charge is 0.255 e. The van der Waals surface area contributed by atoms with Crippen molar-refractivity contribution >= 4 is 5.91 Å². The number of pyridine rings is 2. The number of carbonyl (C=O) groups excluding carboxylic acids is 1. The number of carbonyl (C=O) groups is 1. The molecule has 32 heavy (non-hydrogen) atoms. The van der Waals surface area contributed by atoms with Gasteiger partial charge in [-0.1, -0.05) is 0 Å². The average Bonchev–Trinajstić information content (AvgIpc) is 3.18. The van der Waals surface area contributed by atoms with Gasteiger partial charge in [-0.25, -0.2) is 4.98 Å². The van der Waals surface area contributed by atoms with Crippen LogP contribution >= 0.6 is 0 Å². The number of nitrogens with one attached hydrogen (secondary N) is 1. The standard InChI is InChI=1S/C25H29N5O2/c1-17-18(2)29-23(28-17)22-14-19(3-8-27-22)20-13-21(16-26-15-20)24(31)30-9-4-25(5-10-30)6-11-32-12-7-25/h3,8,13-16H,4-7,9-12H2,1-2H3,(H,28,29). The maximum absolute atomic E-state index is 13.2. The van der Waals surface area contributed by atoms with Gasteiger partial charge >= 0.3 is 0 Å². The Balaban J connectivity index is 1.34. The monoisotopic (exact) mass is 431 g/mol. The quantitative estimate of drug-likeness (QED) is 0.672. The lowest BCUT2D eigenvalue weighted by Gasteiger charge is -2.44. The third-order valence-electron chi connectivity index (χ3n) is 7.11. The highest BCUT2D eigenvalue weighted by Crippen LogP contribution is 2.40. The number of aryl methyl sites for hydroxylation is 2. The maximum Gasteiger partial charge on any atom is 0.255 e. The number of hydrogen-bond donors (Lipinski definition) is 1. The molecule has 1 amide bonds. The van der Waals surface area contributed by atoms with Crippen LogP contribution in [0.15, 0.2) is 36.8 Å². The molecule has 5 heterocycles. The normalized spacial score (nSPS) is 18.1. The van der Waals surface area contributed by atoms with E-state index in [1.807, 2.05) is 36.9 Å². The van der Waals surface area contributed by atoms with Gasteiger partial charge in [0.1, 0.15) is 5.69 Å². The minimum atomic E-state index is 0.0628. The Hall–Kier alpha value is -3.06. The molecule has 0 bridgehead atoms. The van der Waals surface area contributed by atoms with Crippen LogP contribution in [0.4, 0.5) is 0 Å².